The molecule has 0 aliphatic heterocycles. The van der Waals surface area contributed by atoms with Gasteiger partial charge in [-0.3, -0.25) is 9.48 Å². The number of carbonyl (C=O) groups is 1. The summed E-state index contributed by atoms with van der Waals surface area (Å²) in [5.41, 5.74) is 1.42. The Labute approximate surface area is 137 Å². The molecule has 23 heavy (non-hydrogen) atoms. The van der Waals surface area contributed by atoms with Crippen LogP contribution >= 0.6 is 11.6 Å². The average Bonchev–Trinajstić information content (AvgIpc) is 2.97. The molecule has 1 N–H and O–H groups in total. The van der Waals surface area contributed by atoms with E-state index in [0.717, 1.165) is 5.56 Å². The van der Waals surface area contributed by atoms with Crippen LogP contribution in [0.5, 0.6) is 0 Å². The van der Waals surface area contributed by atoms with Crippen molar-refractivity contribution in [1.29, 1.82) is 0 Å². The minimum atomic E-state index is -0.273. The summed E-state index contributed by atoms with van der Waals surface area (Å²) in [6.45, 7) is 0.497. The Hall–Kier alpha value is -2.66. The fraction of sp³-hybridized carbons (Fsp3) is 0.0588. The lowest BCUT2D eigenvalue weighted by Crippen LogP contribution is -2.12. The molecule has 0 saturated heterocycles. The lowest BCUT2D eigenvalue weighted by molar-refractivity contribution is 0.102. The van der Waals surface area contributed by atoms with Gasteiger partial charge < -0.3 is 5.32 Å². The molecule has 3 aromatic rings. The monoisotopic (exact) mass is 329 g/mol. The number of hydrogen-bond donors (Lipinski definition) is 1. The second kappa shape index (κ2) is 6.62. The number of halogens is 2. The molecule has 3 rings (SSSR count). The van der Waals surface area contributed by atoms with Crippen molar-refractivity contribution in [3.8, 4) is 0 Å². The van der Waals surface area contributed by atoms with Crippen molar-refractivity contribution >= 4 is 23.3 Å². The standard InChI is InChI=1S/C17H13ClFN3O/c18-14-5-3-13(4-6-14)17(23)20-16-9-10-22(21-16)11-12-1-7-15(19)8-2-12/h1-10H,11H2,(H,20,21,23). The Morgan fingerprint density at radius 3 is 2.48 bits per heavy atom. The molecule has 0 aliphatic rings. The second-order valence-electron chi connectivity index (χ2n) is 4.99. The van der Waals surface area contributed by atoms with Crippen LogP contribution in [0.4, 0.5) is 10.2 Å². The van der Waals surface area contributed by atoms with Crippen LogP contribution in [0.2, 0.25) is 5.02 Å². The highest BCUT2D eigenvalue weighted by Crippen LogP contribution is 2.12. The van der Waals surface area contributed by atoms with Gasteiger partial charge in [-0.2, -0.15) is 5.10 Å². The van der Waals surface area contributed by atoms with Crippen LogP contribution in [0.15, 0.2) is 60.8 Å². The van der Waals surface area contributed by atoms with Crippen LogP contribution in [0.3, 0.4) is 0 Å². The fourth-order valence-electron chi connectivity index (χ4n) is 2.08. The molecule has 6 heteroatoms. The molecule has 0 unspecified atom stereocenters. The van der Waals surface area contributed by atoms with Gasteiger partial charge in [-0.15, -0.1) is 0 Å². The van der Waals surface area contributed by atoms with Crippen LogP contribution < -0.4 is 5.32 Å². The Kier molecular flexibility index (Phi) is 4.39. The van der Waals surface area contributed by atoms with E-state index in [4.69, 9.17) is 11.6 Å². The minimum absolute atomic E-state index is 0.256. The lowest BCUT2D eigenvalue weighted by Gasteiger charge is -2.03. The number of nitrogens with zero attached hydrogens (tertiary/aromatic N) is 2. The molecule has 116 valence electrons. The van der Waals surface area contributed by atoms with Gasteiger partial charge in [0.05, 0.1) is 6.54 Å². The van der Waals surface area contributed by atoms with Crippen molar-refractivity contribution in [3.63, 3.8) is 0 Å². The van der Waals surface area contributed by atoms with Crippen LogP contribution in [0.25, 0.3) is 0 Å². The Morgan fingerprint density at radius 2 is 1.78 bits per heavy atom. The van der Waals surface area contributed by atoms with Gasteiger partial charge in [-0.25, -0.2) is 4.39 Å². The number of amides is 1. The highest BCUT2D eigenvalue weighted by atomic mass is 35.5. The first-order valence-corrected chi connectivity index (χ1v) is 7.33. The summed E-state index contributed by atoms with van der Waals surface area (Å²) in [6, 6.07) is 14.5. The Morgan fingerprint density at radius 1 is 1.09 bits per heavy atom. The number of rotatable bonds is 4. The molecule has 0 saturated carbocycles. The molecule has 4 nitrogen and oxygen atoms in total. The molecular weight excluding hydrogens is 317 g/mol. The molecule has 0 spiro atoms. The van der Waals surface area contributed by atoms with Gasteiger partial charge in [0.1, 0.15) is 5.82 Å². The van der Waals surface area contributed by atoms with Gasteiger partial charge in [0, 0.05) is 22.8 Å². The summed E-state index contributed by atoms with van der Waals surface area (Å²) in [6.07, 6.45) is 1.75. The normalized spacial score (nSPS) is 10.5. The van der Waals surface area contributed by atoms with Gasteiger partial charge in [-0.05, 0) is 42.0 Å². The van der Waals surface area contributed by atoms with Crippen molar-refractivity contribution in [2.24, 2.45) is 0 Å². The lowest BCUT2D eigenvalue weighted by atomic mass is 10.2. The molecule has 0 fully saturated rings. The highest BCUT2D eigenvalue weighted by Gasteiger charge is 2.08. The SMILES string of the molecule is O=C(Nc1ccn(Cc2ccc(F)cc2)n1)c1ccc(Cl)cc1. The highest BCUT2D eigenvalue weighted by molar-refractivity contribution is 6.30. The maximum atomic E-state index is 12.9. The summed E-state index contributed by atoms with van der Waals surface area (Å²) >= 11 is 5.80. The fourth-order valence-corrected chi connectivity index (χ4v) is 2.21. The molecule has 0 aliphatic carbocycles. The summed E-state index contributed by atoms with van der Waals surface area (Å²) in [7, 11) is 0. The smallest absolute Gasteiger partial charge is 0.256 e. The maximum Gasteiger partial charge on any atom is 0.256 e. The van der Waals surface area contributed by atoms with E-state index in [9.17, 15) is 9.18 Å². The molecule has 2 aromatic carbocycles. The summed E-state index contributed by atoms with van der Waals surface area (Å²) in [5.74, 6) is -0.0779. The number of hydrogen-bond acceptors (Lipinski definition) is 2. The number of nitrogens with one attached hydrogen (secondary N) is 1. The molecule has 1 aromatic heterocycles. The molecule has 0 atom stereocenters. The second-order valence-corrected chi connectivity index (χ2v) is 5.42. The number of aromatic nitrogens is 2. The molecule has 1 amide bonds. The summed E-state index contributed by atoms with van der Waals surface area (Å²) < 4.78 is 14.6. The number of anilines is 1. The predicted octanol–water partition coefficient (Wildman–Crippen LogP) is 3.98. The van der Waals surface area contributed by atoms with Crippen molar-refractivity contribution in [3.05, 3.63) is 82.8 Å². The van der Waals surface area contributed by atoms with Crippen molar-refractivity contribution < 1.29 is 9.18 Å². The third kappa shape index (κ3) is 3.96. The van der Waals surface area contributed by atoms with E-state index < -0.39 is 0 Å². The van der Waals surface area contributed by atoms with Gasteiger partial charge in [0.2, 0.25) is 0 Å². The average molecular weight is 330 g/mol. The van der Waals surface area contributed by atoms with Gasteiger partial charge in [-0.1, -0.05) is 23.7 Å². The van der Waals surface area contributed by atoms with Crippen LogP contribution in [0.1, 0.15) is 15.9 Å². The third-order valence-electron chi connectivity index (χ3n) is 3.25. The zero-order valence-corrected chi connectivity index (χ0v) is 12.8. The number of benzene rings is 2. The third-order valence-corrected chi connectivity index (χ3v) is 3.50. The van der Waals surface area contributed by atoms with Crippen molar-refractivity contribution in [2.45, 2.75) is 6.54 Å². The quantitative estimate of drug-likeness (QED) is 0.787. The zero-order chi connectivity index (χ0) is 16.2. The van der Waals surface area contributed by atoms with E-state index in [1.54, 1.807) is 53.3 Å². The van der Waals surface area contributed by atoms with Gasteiger partial charge >= 0.3 is 0 Å². The zero-order valence-electron chi connectivity index (χ0n) is 12.0. The van der Waals surface area contributed by atoms with E-state index >= 15 is 0 Å². The first kappa shape index (κ1) is 15.2. The molecular formula is C17H13ClFN3O. The van der Waals surface area contributed by atoms with Gasteiger partial charge in [0.25, 0.3) is 5.91 Å². The van der Waals surface area contributed by atoms with E-state index in [0.29, 0.717) is 22.9 Å². The topological polar surface area (TPSA) is 46.9 Å². The van der Waals surface area contributed by atoms with E-state index in [1.807, 2.05) is 0 Å². The first-order chi connectivity index (χ1) is 11.1. The Balaban J connectivity index is 1.66. The first-order valence-electron chi connectivity index (χ1n) is 6.95. The van der Waals surface area contributed by atoms with E-state index in [2.05, 4.69) is 10.4 Å². The van der Waals surface area contributed by atoms with Crippen LogP contribution in [-0.2, 0) is 6.54 Å². The molecule has 0 radical (unpaired) electrons. The van der Waals surface area contributed by atoms with Crippen LogP contribution in [-0.4, -0.2) is 15.7 Å². The summed E-state index contributed by atoms with van der Waals surface area (Å²) in [5, 5.41) is 7.57. The van der Waals surface area contributed by atoms with E-state index in [-0.39, 0.29) is 11.7 Å². The Bertz CT molecular complexity index is 813. The molecule has 0 bridgehead atoms. The maximum absolute atomic E-state index is 12.9. The largest absolute Gasteiger partial charge is 0.305 e. The van der Waals surface area contributed by atoms with E-state index in [1.165, 1.54) is 12.1 Å². The predicted molar refractivity (Wildman–Crippen MR) is 87.1 cm³/mol. The molecule has 1 heterocycles. The van der Waals surface area contributed by atoms with Crippen LogP contribution in [0, 0.1) is 5.82 Å². The van der Waals surface area contributed by atoms with Crippen molar-refractivity contribution in [1.82, 2.24) is 9.78 Å². The van der Waals surface area contributed by atoms with Crippen molar-refractivity contribution in [2.75, 3.05) is 5.32 Å². The van der Waals surface area contributed by atoms with Gasteiger partial charge in [0.15, 0.2) is 5.82 Å². The summed E-state index contributed by atoms with van der Waals surface area (Å²) in [4.78, 5) is 12.1. The number of carbonyl (C=O) groups excluding carboxylic acids is 1. The minimum Gasteiger partial charge on any atom is -0.305 e.